The summed E-state index contributed by atoms with van der Waals surface area (Å²) in [5, 5.41) is 5.29. The molecule has 2 amide bonds. The van der Waals surface area contributed by atoms with Crippen molar-refractivity contribution in [3.05, 3.63) is 52.2 Å². The molecule has 4 N–H and O–H groups in total. The lowest BCUT2D eigenvalue weighted by Crippen LogP contribution is -2.36. The maximum atomic E-state index is 12.6. The molecule has 1 aliphatic rings. The second kappa shape index (κ2) is 8.99. The number of hydrogen-bond acceptors (Lipinski definition) is 7. The molecule has 0 fully saturated rings. The van der Waals surface area contributed by atoms with E-state index in [1.165, 1.54) is 17.1 Å². The molecular formula is C21H26N6O4. The Kier molecular flexibility index (Phi) is 6.38. The zero-order chi connectivity index (χ0) is 22.6. The summed E-state index contributed by atoms with van der Waals surface area (Å²) < 4.78 is 6.49. The fraction of sp³-hybridized carbons (Fsp3) is 0.381. The molecular weight excluding hydrogens is 400 g/mol. The van der Waals surface area contributed by atoms with Crippen molar-refractivity contribution < 1.29 is 14.3 Å². The Morgan fingerprint density at radius 3 is 2.71 bits per heavy atom. The first-order valence-corrected chi connectivity index (χ1v) is 9.88. The predicted molar refractivity (Wildman–Crippen MR) is 116 cm³/mol. The Morgan fingerprint density at radius 1 is 1.32 bits per heavy atom. The molecule has 0 saturated heterocycles. The van der Waals surface area contributed by atoms with Gasteiger partial charge in [0, 0.05) is 13.0 Å². The molecule has 1 aromatic heterocycles. The number of nitrogen functional groups attached to an aromatic ring is 1. The summed E-state index contributed by atoms with van der Waals surface area (Å²) >= 11 is 0. The van der Waals surface area contributed by atoms with E-state index in [0.29, 0.717) is 30.9 Å². The second-order valence-electron chi connectivity index (χ2n) is 8.15. The number of alkyl carbamates (subject to hydrolysis) is 1. The third-order valence-corrected chi connectivity index (χ3v) is 4.55. The van der Waals surface area contributed by atoms with Crippen molar-refractivity contribution >= 4 is 29.7 Å². The van der Waals surface area contributed by atoms with Crippen molar-refractivity contribution in [1.82, 2.24) is 20.2 Å². The minimum atomic E-state index is -0.610. The lowest BCUT2D eigenvalue weighted by atomic mass is 10.1. The van der Waals surface area contributed by atoms with Gasteiger partial charge >= 0.3 is 6.09 Å². The van der Waals surface area contributed by atoms with E-state index in [1.807, 2.05) is 12.1 Å². The third kappa shape index (κ3) is 5.68. The van der Waals surface area contributed by atoms with Crippen LogP contribution in [-0.4, -0.2) is 33.5 Å². The Balaban J connectivity index is 1.53. The molecule has 1 atom stereocenters. The topological polar surface area (TPSA) is 141 Å². The van der Waals surface area contributed by atoms with E-state index in [9.17, 15) is 14.4 Å². The van der Waals surface area contributed by atoms with Crippen LogP contribution in [0, 0.1) is 0 Å². The van der Waals surface area contributed by atoms with Gasteiger partial charge in [-0.3, -0.25) is 19.5 Å². The maximum Gasteiger partial charge on any atom is 0.412 e. The molecule has 3 rings (SSSR count). The zero-order valence-corrected chi connectivity index (χ0v) is 17.7. The molecule has 2 aromatic rings. The Labute approximate surface area is 179 Å². The summed E-state index contributed by atoms with van der Waals surface area (Å²) in [4.78, 5) is 44.7. The van der Waals surface area contributed by atoms with Crippen molar-refractivity contribution in [3.63, 3.8) is 0 Å². The van der Waals surface area contributed by atoms with Crippen LogP contribution in [0.3, 0.4) is 0 Å². The quantitative estimate of drug-likeness (QED) is 0.492. The molecule has 0 spiro atoms. The highest BCUT2D eigenvalue weighted by atomic mass is 16.6. The van der Waals surface area contributed by atoms with Crippen molar-refractivity contribution in [2.75, 3.05) is 5.73 Å². The van der Waals surface area contributed by atoms with E-state index >= 15 is 0 Å². The van der Waals surface area contributed by atoms with Crippen LogP contribution in [0.2, 0.25) is 0 Å². The van der Waals surface area contributed by atoms with E-state index in [1.54, 1.807) is 32.9 Å². The van der Waals surface area contributed by atoms with E-state index in [-0.39, 0.29) is 17.2 Å². The standard InChI is InChI=1S/C21H26N6O4/c1-21(2,3)31-20(30)26-12-25-14-6-4-13(5-7-14)10-24-18(28)16-8-9-17-23-11-15(22)19(29)27(16)17/h4-7,11-12,16H,8-10,22H2,1-3H3,(H,24,28)(H,25,26,30)/t16-/m0/s1. The van der Waals surface area contributed by atoms with Crippen molar-refractivity contribution in [2.45, 2.75) is 51.8 Å². The molecule has 31 heavy (non-hydrogen) atoms. The van der Waals surface area contributed by atoms with Crippen LogP contribution >= 0.6 is 0 Å². The van der Waals surface area contributed by atoms with Gasteiger partial charge in [-0.2, -0.15) is 0 Å². The number of rotatable bonds is 5. The number of aromatic nitrogens is 2. The molecule has 0 bridgehead atoms. The molecule has 1 aliphatic heterocycles. The monoisotopic (exact) mass is 426 g/mol. The molecule has 164 valence electrons. The number of nitrogens with two attached hydrogens (primary N) is 1. The number of anilines is 1. The molecule has 0 radical (unpaired) electrons. The molecule has 10 nitrogen and oxygen atoms in total. The van der Waals surface area contributed by atoms with E-state index in [2.05, 4.69) is 20.6 Å². The van der Waals surface area contributed by atoms with Crippen molar-refractivity contribution in [3.8, 4) is 0 Å². The average Bonchev–Trinajstić information content (AvgIpc) is 3.13. The van der Waals surface area contributed by atoms with E-state index in [0.717, 1.165) is 5.56 Å². The summed E-state index contributed by atoms with van der Waals surface area (Å²) in [5.74, 6) is 0.318. The smallest absolute Gasteiger partial charge is 0.412 e. The highest BCUT2D eigenvalue weighted by Crippen LogP contribution is 2.23. The minimum Gasteiger partial charge on any atom is -0.444 e. The summed E-state index contributed by atoms with van der Waals surface area (Å²) in [5.41, 5.74) is 6.20. The number of amides is 2. The van der Waals surface area contributed by atoms with Crippen LogP contribution in [0.25, 0.3) is 0 Å². The van der Waals surface area contributed by atoms with Crippen LogP contribution in [0.15, 0.2) is 40.2 Å². The van der Waals surface area contributed by atoms with E-state index in [4.69, 9.17) is 10.5 Å². The second-order valence-corrected chi connectivity index (χ2v) is 8.15. The molecule has 0 unspecified atom stereocenters. The number of ether oxygens (including phenoxy) is 1. The molecule has 1 aromatic carbocycles. The van der Waals surface area contributed by atoms with Crippen LogP contribution in [-0.2, 0) is 22.5 Å². The molecule has 2 heterocycles. The highest BCUT2D eigenvalue weighted by Gasteiger charge is 2.30. The Hall–Kier alpha value is -3.69. The first-order valence-electron chi connectivity index (χ1n) is 9.88. The fourth-order valence-corrected chi connectivity index (χ4v) is 3.14. The number of nitrogens with one attached hydrogen (secondary N) is 2. The molecule has 0 aliphatic carbocycles. The zero-order valence-electron chi connectivity index (χ0n) is 17.7. The highest BCUT2D eigenvalue weighted by molar-refractivity contribution is 5.83. The van der Waals surface area contributed by atoms with Gasteiger partial charge in [0.25, 0.3) is 5.56 Å². The summed E-state index contributed by atoms with van der Waals surface area (Å²) in [6.45, 7) is 5.63. The van der Waals surface area contributed by atoms with Crippen LogP contribution in [0.1, 0.15) is 44.6 Å². The largest absolute Gasteiger partial charge is 0.444 e. The van der Waals surface area contributed by atoms with Gasteiger partial charge in [-0.1, -0.05) is 12.1 Å². The van der Waals surface area contributed by atoms with Crippen molar-refractivity contribution in [2.24, 2.45) is 4.99 Å². The number of carbonyl (C=O) groups excluding carboxylic acids is 2. The first-order chi connectivity index (χ1) is 14.6. The fourth-order valence-electron chi connectivity index (χ4n) is 3.14. The average molecular weight is 426 g/mol. The van der Waals surface area contributed by atoms with Gasteiger partial charge in [-0.05, 0) is 44.9 Å². The van der Waals surface area contributed by atoms with Gasteiger partial charge in [-0.25, -0.2) is 14.8 Å². The summed E-state index contributed by atoms with van der Waals surface area (Å²) in [7, 11) is 0. The number of benzene rings is 1. The number of nitrogens with zero attached hydrogens (tertiary/aromatic N) is 3. The molecule has 0 saturated carbocycles. The van der Waals surface area contributed by atoms with Crippen LogP contribution in [0.4, 0.5) is 16.2 Å². The number of aryl methyl sites for hydroxylation is 1. The summed E-state index contributed by atoms with van der Waals surface area (Å²) in [6.07, 6.45) is 3.08. The van der Waals surface area contributed by atoms with Gasteiger partial charge in [0.15, 0.2) is 0 Å². The number of hydrogen-bond donors (Lipinski definition) is 3. The lowest BCUT2D eigenvalue weighted by molar-refractivity contribution is -0.124. The summed E-state index contributed by atoms with van der Waals surface area (Å²) in [6, 6.07) is 6.54. The van der Waals surface area contributed by atoms with Crippen molar-refractivity contribution in [1.29, 1.82) is 0 Å². The normalized spacial score (nSPS) is 15.5. The predicted octanol–water partition coefficient (Wildman–Crippen LogP) is 1.81. The van der Waals surface area contributed by atoms with Crippen LogP contribution < -0.4 is 21.9 Å². The SMILES string of the molecule is CC(C)(C)OC(=O)N/C=N/c1ccc(CNC(=O)[C@@H]2CCc3ncc(N)c(=O)n32)cc1. The Bertz CT molecular complexity index is 1050. The van der Waals surface area contributed by atoms with Gasteiger partial charge in [0.1, 0.15) is 23.2 Å². The number of aliphatic imine (C=N–C) groups is 1. The van der Waals surface area contributed by atoms with Gasteiger partial charge < -0.3 is 15.8 Å². The van der Waals surface area contributed by atoms with Gasteiger partial charge in [-0.15, -0.1) is 0 Å². The maximum absolute atomic E-state index is 12.6. The number of fused-ring (bicyclic) bond motifs is 1. The van der Waals surface area contributed by atoms with Gasteiger partial charge in [0.2, 0.25) is 5.91 Å². The Morgan fingerprint density at radius 2 is 2.03 bits per heavy atom. The third-order valence-electron chi connectivity index (χ3n) is 4.55. The van der Waals surface area contributed by atoms with Gasteiger partial charge in [0.05, 0.1) is 18.2 Å². The molecule has 10 heteroatoms. The lowest BCUT2D eigenvalue weighted by Gasteiger charge is -2.18. The number of carbonyl (C=O) groups is 2. The minimum absolute atomic E-state index is 0.0285. The van der Waals surface area contributed by atoms with E-state index < -0.39 is 17.7 Å². The van der Waals surface area contributed by atoms with Crippen LogP contribution in [0.5, 0.6) is 0 Å². The first kappa shape index (κ1) is 22.0.